The van der Waals surface area contributed by atoms with Crippen LogP contribution in [-0.4, -0.2) is 29.8 Å². The monoisotopic (exact) mass is 231 g/mol. The van der Waals surface area contributed by atoms with Crippen LogP contribution in [0, 0.1) is 22.0 Å². The van der Waals surface area contributed by atoms with E-state index in [1.165, 1.54) is 0 Å². The summed E-state index contributed by atoms with van der Waals surface area (Å²) < 4.78 is 4.65. The van der Waals surface area contributed by atoms with Crippen LogP contribution in [0.5, 0.6) is 0 Å². The summed E-state index contributed by atoms with van der Waals surface area (Å²) in [5.41, 5.74) is 0. The van der Waals surface area contributed by atoms with Gasteiger partial charge in [-0.2, -0.15) is 0 Å². The Morgan fingerprint density at radius 1 is 1.50 bits per heavy atom. The average Bonchev–Trinajstić information content (AvgIpc) is 2.16. The molecule has 0 aliphatic heterocycles. The van der Waals surface area contributed by atoms with Crippen molar-refractivity contribution in [1.29, 1.82) is 0 Å². The predicted molar refractivity (Wildman–Crippen MR) is 56.4 cm³/mol. The van der Waals surface area contributed by atoms with E-state index < -0.39 is 22.9 Å². The highest BCUT2D eigenvalue weighted by molar-refractivity contribution is 5.75. The zero-order chi connectivity index (χ0) is 12.7. The van der Waals surface area contributed by atoms with Gasteiger partial charge in [0.2, 0.25) is 0 Å². The van der Waals surface area contributed by atoms with Crippen molar-refractivity contribution in [2.24, 2.45) is 11.8 Å². The summed E-state index contributed by atoms with van der Waals surface area (Å²) in [4.78, 5) is 32.0. The topological polar surface area (TPSA) is 86.5 Å². The number of aldehydes is 1. The molecule has 0 aromatic carbocycles. The van der Waals surface area contributed by atoms with Crippen molar-refractivity contribution in [2.75, 3.05) is 6.61 Å². The number of rotatable bonds is 7. The molecule has 1 unspecified atom stereocenters. The van der Waals surface area contributed by atoms with Gasteiger partial charge in [0.15, 0.2) is 0 Å². The van der Waals surface area contributed by atoms with Crippen LogP contribution in [0.15, 0.2) is 0 Å². The van der Waals surface area contributed by atoms with Crippen molar-refractivity contribution in [3.63, 3.8) is 0 Å². The van der Waals surface area contributed by atoms with Crippen LogP contribution in [0.4, 0.5) is 0 Å². The zero-order valence-corrected chi connectivity index (χ0v) is 9.71. The second-order valence-electron chi connectivity index (χ2n) is 3.79. The van der Waals surface area contributed by atoms with Crippen LogP contribution in [0.2, 0.25) is 0 Å². The molecule has 6 heteroatoms. The molecular weight excluding hydrogens is 214 g/mol. The molecule has 0 saturated carbocycles. The van der Waals surface area contributed by atoms with E-state index in [9.17, 15) is 19.7 Å². The number of carbonyl (C=O) groups excluding carboxylic acids is 2. The van der Waals surface area contributed by atoms with Gasteiger partial charge in [0.05, 0.1) is 6.61 Å². The summed E-state index contributed by atoms with van der Waals surface area (Å²) >= 11 is 0. The molecule has 0 bridgehead atoms. The molecule has 0 aliphatic carbocycles. The summed E-state index contributed by atoms with van der Waals surface area (Å²) in [5.74, 6) is -1.62. The summed E-state index contributed by atoms with van der Waals surface area (Å²) in [6, 6.07) is -1.45. The molecule has 0 fully saturated rings. The van der Waals surface area contributed by atoms with Crippen LogP contribution < -0.4 is 0 Å². The lowest BCUT2D eigenvalue weighted by Gasteiger charge is -2.20. The van der Waals surface area contributed by atoms with Crippen LogP contribution in [0.25, 0.3) is 0 Å². The first kappa shape index (κ1) is 14.5. The Balaban J connectivity index is 4.90. The van der Waals surface area contributed by atoms with Gasteiger partial charge < -0.3 is 9.53 Å². The third kappa shape index (κ3) is 3.96. The highest BCUT2D eigenvalue weighted by Crippen LogP contribution is 2.21. The van der Waals surface area contributed by atoms with Gasteiger partial charge in [-0.1, -0.05) is 13.8 Å². The lowest BCUT2D eigenvalue weighted by molar-refractivity contribution is -0.521. The molecule has 16 heavy (non-hydrogen) atoms. The summed E-state index contributed by atoms with van der Waals surface area (Å²) in [6.45, 7) is 5.15. The average molecular weight is 231 g/mol. The normalized spacial score (nSPS) is 14.2. The Labute approximate surface area is 94.1 Å². The number of esters is 1. The van der Waals surface area contributed by atoms with Crippen molar-refractivity contribution in [3.8, 4) is 0 Å². The third-order valence-corrected chi connectivity index (χ3v) is 2.39. The van der Waals surface area contributed by atoms with Crippen molar-refractivity contribution in [1.82, 2.24) is 0 Å². The van der Waals surface area contributed by atoms with Crippen molar-refractivity contribution < 1.29 is 19.2 Å². The largest absolute Gasteiger partial charge is 0.461 e. The minimum Gasteiger partial charge on any atom is -0.461 e. The Bertz CT molecular complexity index is 264. The molecule has 0 aromatic rings. The van der Waals surface area contributed by atoms with Gasteiger partial charge in [-0.3, -0.25) is 10.1 Å². The maximum absolute atomic E-state index is 11.4. The molecule has 0 N–H and O–H groups in total. The molecule has 2 atom stereocenters. The number of nitro groups is 1. The fourth-order valence-corrected chi connectivity index (χ4v) is 1.52. The quantitative estimate of drug-likeness (QED) is 0.283. The van der Waals surface area contributed by atoms with Gasteiger partial charge in [-0.15, -0.1) is 0 Å². The van der Waals surface area contributed by atoms with Crippen LogP contribution in [0.3, 0.4) is 0 Å². The van der Waals surface area contributed by atoms with Crippen LogP contribution >= 0.6 is 0 Å². The van der Waals surface area contributed by atoms with Gasteiger partial charge in [0.25, 0.3) is 0 Å². The highest BCUT2D eigenvalue weighted by atomic mass is 16.6. The van der Waals surface area contributed by atoms with E-state index >= 15 is 0 Å². The second-order valence-corrected chi connectivity index (χ2v) is 3.79. The Kier molecular flexibility index (Phi) is 6.29. The number of hydrogen-bond donors (Lipinski definition) is 0. The zero-order valence-electron chi connectivity index (χ0n) is 9.71. The summed E-state index contributed by atoms with van der Waals surface area (Å²) in [7, 11) is 0. The van der Waals surface area contributed by atoms with Crippen LogP contribution in [0.1, 0.15) is 27.2 Å². The molecule has 6 nitrogen and oxygen atoms in total. The number of nitrogens with zero attached hydrogens (tertiary/aromatic N) is 1. The van der Waals surface area contributed by atoms with Gasteiger partial charge >= 0.3 is 12.0 Å². The van der Waals surface area contributed by atoms with E-state index in [0.717, 1.165) is 0 Å². The summed E-state index contributed by atoms with van der Waals surface area (Å²) in [6.07, 6.45) is 0.586. The molecule has 0 saturated heterocycles. The van der Waals surface area contributed by atoms with Crippen LogP contribution in [-0.2, 0) is 14.3 Å². The maximum atomic E-state index is 11.4. The Morgan fingerprint density at radius 3 is 2.38 bits per heavy atom. The first-order chi connectivity index (χ1) is 7.45. The number of hydrogen-bond acceptors (Lipinski definition) is 5. The Hall–Kier alpha value is -1.46. The summed E-state index contributed by atoms with van der Waals surface area (Å²) in [5, 5.41) is 10.8. The van der Waals surface area contributed by atoms with Crippen molar-refractivity contribution in [3.05, 3.63) is 10.1 Å². The van der Waals surface area contributed by atoms with E-state index in [1.54, 1.807) is 20.8 Å². The molecule has 0 aliphatic rings. The fourth-order valence-electron chi connectivity index (χ4n) is 1.52. The second kappa shape index (κ2) is 6.92. The van der Waals surface area contributed by atoms with E-state index in [4.69, 9.17) is 0 Å². The molecule has 0 rings (SSSR count). The molecule has 0 heterocycles. The lowest BCUT2D eigenvalue weighted by Crippen LogP contribution is -2.41. The first-order valence-electron chi connectivity index (χ1n) is 5.19. The number of ether oxygens (including phenoxy) is 1. The lowest BCUT2D eigenvalue weighted by atomic mass is 9.86. The predicted octanol–water partition coefficient (Wildman–Crippen LogP) is 1.06. The molecule has 92 valence electrons. The molecular formula is C10H17NO5. The highest BCUT2D eigenvalue weighted by Gasteiger charge is 2.41. The minimum atomic E-state index is -1.45. The molecule has 0 radical (unpaired) electrons. The van der Waals surface area contributed by atoms with Crippen molar-refractivity contribution >= 4 is 12.3 Å². The van der Waals surface area contributed by atoms with Gasteiger partial charge in [0.1, 0.15) is 6.29 Å². The third-order valence-electron chi connectivity index (χ3n) is 2.39. The molecule has 0 aromatic heterocycles. The SMILES string of the molecule is CCOC(=O)C([C@@H](CC=O)C(C)C)[N+](=O)[O-]. The van der Waals surface area contributed by atoms with E-state index in [2.05, 4.69) is 4.74 Å². The molecule has 0 spiro atoms. The molecule has 0 amide bonds. The standard InChI is InChI=1S/C10H17NO5/c1-4-16-10(13)9(11(14)15)8(5-6-12)7(2)3/h6-9H,4-5H2,1-3H3/t8-,9?/m0/s1. The van der Waals surface area contributed by atoms with Crippen molar-refractivity contribution in [2.45, 2.75) is 33.2 Å². The van der Waals surface area contributed by atoms with E-state index in [1.807, 2.05) is 0 Å². The number of carbonyl (C=O) groups is 2. The van der Waals surface area contributed by atoms with E-state index in [0.29, 0.717) is 6.29 Å². The smallest absolute Gasteiger partial charge is 0.381 e. The van der Waals surface area contributed by atoms with E-state index in [-0.39, 0.29) is 18.9 Å². The Morgan fingerprint density at radius 2 is 2.06 bits per heavy atom. The fraction of sp³-hybridized carbons (Fsp3) is 0.800. The first-order valence-corrected chi connectivity index (χ1v) is 5.19. The minimum absolute atomic E-state index is 0.0118. The van der Waals surface area contributed by atoms with Gasteiger partial charge in [-0.05, 0) is 12.8 Å². The maximum Gasteiger partial charge on any atom is 0.381 e. The van der Waals surface area contributed by atoms with Gasteiger partial charge in [0, 0.05) is 17.3 Å². The van der Waals surface area contributed by atoms with Gasteiger partial charge in [-0.25, -0.2) is 4.79 Å².